The van der Waals surface area contributed by atoms with Crippen molar-refractivity contribution >= 4 is 27.3 Å². The number of alkyl halides is 3. The van der Waals surface area contributed by atoms with Gasteiger partial charge in [-0.2, -0.15) is 27.3 Å². The van der Waals surface area contributed by atoms with Crippen molar-refractivity contribution in [2.24, 2.45) is 5.41 Å². The Kier molecular flexibility index (Phi) is 6.84. The van der Waals surface area contributed by atoms with Crippen LogP contribution in [0.4, 0.5) is 18.9 Å². The van der Waals surface area contributed by atoms with Crippen LogP contribution in [0.2, 0.25) is 5.02 Å². The summed E-state index contributed by atoms with van der Waals surface area (Å²) in [5.41, 5.74) is -2.12. The van der Waals surface area contributed by atoms with Gasteiger partial charge in [0.25, 0.3) is 0 Å². The van der Waals surface area contributed by atoms with Crippen LogP contribution in [-0.4, -0.2) is 66.7 Å². The van der Waals surface area contributed by atoms with Gasteiger partial charge in [0.15, 0.2) is 0 Å². The summed E-state index contributed by atoms with van der Waals surface area (Å²) in [6.07, 6.45) is -3.21. The maximum absolute atomic E-state index is 13.5. The summed E-state index contributed by atoms with van der Waals surface area (Å²) >= 11 is 6.03. The average Bonchev–Trinajstić information content (AvgIpc) is 3.59. The predicted molar refractivity (Wildman–Crippen MR) is 126 cm³/mol. The zero-order chi connectivity index (χ0) is 25.6. The molecule has 192 valence electrons. The van der Waals surface area contributed by atoms with Gasteiger partial charge in [-0.05, 0) is 44.9 Å². The van der Waals surface area contributed by atoms with Crippen LogP contribution in [-0.2, 0) is 10.0 Å². The Labute approximate surface area is 206 Å². The second-order valence-electron chi connectivity index (χ2n) is 9.10. The Morgan fingerprint density at radius 2 is 1.83 bits per heavy atom. The van der Waals surface area contributed by atoms with Crippen molar-refractivity contribution in [3.8, 4) is 11.4 Å². The number of hydrogen-bond acceptors (Lipinski definition) is 6. The first-order valence-electron chi connectivity index (χ1n) is 11.2. The monoisotopic (exact) mass is 534 g/mol. The third kappa shape index (κ3) is 5.01. The molecule has 13 heteroatoms. The van der Waals surface area contributed by atoms with Crippen LogP contribution in [0.25, 0.3) is 5.69 Å². The Balaban J connectivity index is 1.66. The highest BCUT2D eigenvalue weighted by atomic mass is 35.5. The maximum atomic E-state index is 13.5. The van der Waals surface area contributed by atoms with Crippen LogP contribution in [0.15, 0.2) is 35.3 Å². The molecule has 0 spiro atoms. The number of aromatic nitrogens is 2. The minimum Gasteiger partial charge on any atom is -0.485 e. The van der Waals surface area contributed by atoms with Crippen LogP contribution >= 0.6 is 11.6 Å². The lowest BCUT2D eigenvalue weighted by Gasteiger charge is -2.36. The predicted octanol–water partition coefficient (Wildman–Crippen LogP) is 3.47. The van der Waals surface area contributed by atoms with Crippen molar-refractivity contribution in [1.29, 1.82) is 0 Å². The molecule has 0 bridgehead atoms. The van der Waals surface area contributed by atoms with Gasteiger partial charge in [0.05, 0.1) is 17.1 Å². The highest BCUT2D eigenvalue weighted by Gasteiger charge is 2.64. The van der Waals surface area contributed by atoms with Gasteiger partial charge in [0.1, 0.15) is 17.7 Å². The first-order chi connectivity index (χ1) is 16.4. The Hall–Kier alpha value is -2.31. The number of nitrogens with zero attached hydrogens (tertiary/aromatic N) is 4. The van der Waals surface area contributed by atoms with Crippen LogP contribution in [0, 0.1) is 5.41 Å². The van der Waals surface area contributed by atoms with Crippen LogP contribution < -0.4 is 15.2 Å². The summed E-state index contributed by atoms with van der Waals surface area (Å²) in [6.45, 7) is 3.32. The highest BCUT2D eigenvalue weighted by Crippen LogP contribution is 2.57. The van der Waals surface area contributed by atoms with Crippen molar-refractivity contribution in [3.63, 3.8) is 0 Å². The first-order valence-corrected chi connectivity index (χ1v) is 13.1. The van der Waals surface area contributed by atoms with Crippen molar-refractivity contribution in [2.75, 3.05) is 37.7 Å². The SMILES string of the molecule is CC(C)S(=O)(=O)N1CCN(c2cnn(-c3cccc(Cl)c3)c(=O)c2OCC2(C(F)(F)F)CC2)CC1. The van der Waals surface area contributed by atoms with Crippen molar-refractivity contribution in [1.82, 2.24) is 14.1 Å². The zero-order valence-electron chi connectivity index (χ0n) is 19.3. The molecule has 1 saturated carbocycles. The highest BCUT2D eigenvalue weighted by molar-refractivity contribution is 7.89. The van der Waals surface area contributed by atoms with Gasteiger partial charge in [-0.15, -0.1) is 0 Å². The summed E-state index contributed by atoms with van der Waals surface area (Å²) in [4.78, 5) is 15.1. The van der Waals surface area contributed by atoms with Crippen LogP contribution in [0.3, 0.4) is 0 Å². The number of ether oxygens (including phenoxy) is 1. The van der Waals surface area contributed by atoms with Crippen LogP contribution in [0.5, 0.6) is 5.75 Å². The van der Waals surface area contributed by atoms with Crippen molar-refractivity contribution in [3.05, 3.63) is 45.8 Å². The normalized spacial score (nSPS) is 18.7. The fraction of sp³-hybridized carbons (Fsp3) is 0.545. The molecule has 1 aromatic heterocycles. The van der Waals surface area contributed by atoms with Crippen LogP contribution in [0.1, 0.15) is 26.7 Å². The molecule has 1 aliphatic heterocycles. The summed E-state index contributed by atoms with van der Waals surface area (Å²) in [5, 5.41) is 3.98. The van der Waals surface area contributed by atoms with Gasteiger partial charge < -0.3 is 9.64 Å². The largest absolute Gasteiger partial charge is 0.485 e. The average molecular weight is 535 g/mol. The molecule has 8 nitrogen and oxygen atoms in total. The molecule has 0 radical (unpaired) electrons. The van der Waals surface area contributed by atoms with Gasteiger partial charge >= 0.3 is 11.7 Å². The number of anilines is 1. The molecular formula is C22H26ClF3N4O4S. The Morgan fingerprint density at radius 1 is 1.17 bits per heavy atom. The minimum absolute atomic E-state index is 0.0643. The van der Waals surface area contributed by atoms with E-state index in [1.807, 2.05) is 0 Å². The fourth-order valence-corrected chi connectivity index (χ4v) is 5.39. The summed E-state index contributed by atoms with van der Waals surface area (Å²) in [5.74, 6) is -0.254. The third-order valence-electron chi connectivity index (χ3n) is 6.45. The second-order valence-corrected chi connectivity index (χ2v) is 12.0. The molecule has 0 unspecified atom stereocenters. The standard InChI is InChI=1S/C22H26ClF3N4O4S/c1-15(2)35(32,33)29-10-8-28(9-11-29)18-13-27-30(17-5-3-4-16(23)12-17)20(31)19(18)34-14-21(6-7-21)22(24,25)26/h3-5,12-13,15H,6-11,14H2,1-2H3. The molecule has 2 aromatic rings. The van der Waals surface area contributed by atoms with E-state index < -0.39 is 39.0 Å². The van der Waals surface area contributed by atoms with E-state index in [0.29, 0.717) is 10.7 Å². The number of piperazine rings is 1. The van der Waals surface area contributed by atoms with E-state index in [1.165, 1.54) is 16.6 Å². The number of benzene rings is 1. The quantitative estimate of drug-likeness (QED) is 0.541. The molecule has 1 aliphatic carbocycles. The molecule has 4 rings (SSSR count). The molecule has 0 atom stereocenters. The van der Waals surface area contributed by atoms with E-state index >= 15 is 0 Å². The van der Waals surface area contributed by atoms with E-state index in [0.717, 1.165) is 4.68 Å². The number of hydrogen-bond donors (Lipinski definition) is 0. The van der Waals surface area contributed by atoms with Crippen molar-refractivity contribution in [2.45, 2.75) is 38.1 Å². The zero-order valence-corrected chi connectivity index (χ0v) is 20.8. The molecule has 35 heavy (non-hydrogen) atoms. The third-order valence-corrected chi connectivity index (χ3v) is 8.96. The summed E-state index contributed by atoms with van der Waals surface area (Å²) in [6, 6.07) is 6.34. The van der Waals surface area contributed by atoms with Gasteiger partial charge in [-0.25, -0.2) is 8.42 Å². The number of rotatable bonds is 7. The maximum Gasteiger partial charge on any atom is 0.397 e. The number of sulfonamides is 1. The first kappa shape index (κ1) is 25.8. The smallest absolute Gasteiger partial charge is 0.397 e. The Bertz CT molecular complexity index is 1250. The lowest BCUT2D eigenvalue weighted by atomic mass is 10.1. The molecule has 0 N–H and O–H groups in total. The molecule has 2 heterocycles. The Morgan fingerprint density at radius 3 is 2.37 bits per heavy atom. The summed E-state index contributed by atoms with van der Waals surface area (Å²) in [7, 11) is -3.45. The lowest BCUT2D eigenvalue weighted by Crippen LogP contribution is -2.50. The number of halogens is 4. The molecule has 1 aromatic carbocycles. The van der Waals surface area contributed by atoms with Crippen molar-refractivity contribution < 1.29 is 26.3 Å². The lowest BCUT2D eigenvalue weighted by molar-refractivity contribution is -0.194. The molecule has 2 aliphatic rings. The van der Waals surface area contributed by atoms with E-state index in [9.17, 15) is 26.4 Å². The van der Waals surface area contributed by atoms with Gasteiger partial charge in [0.2, 0.25) is 15.8 Å². The molecule has 2 fully saturated rings. The van der Waals surface area contributed by atoms with E-state index in [1.54, 1.807) is 36.9 Å². The molecule has 1 saturated heterocycles. The van der Waals surface area contributed by atoms with E-state index in [-0.39, 0.29) is 50.5 Å². The van der Waals surface area contributed by atoms with Gasteiger partial charge in [-0.1, -0.05) is 17.7 Å². The summed E-state index contributed by atoms with van der Waals surface area (Å²) < 4.78 is 73.5. The second kappa shape index (κ2) is 9.29. The van der Waals surface area contributed by atoms with E-state index in [2.05, 4.69) is 5.10 Å². The molecule has 0 amide bonds. The molecular weight excluding hydrogens is 509 g/mol. The topological polar surface area (TPSA) is 84.7 Å². The fourth-order valence-electron chi connectivity index (χ4n) is 3.93. The minimum atomic E-state index is -4.44. The van der Waals surface area contributed by atoms with Gasteiger partial charge in [-0.3, -0.25) is 4.79 Å². The van der Waals surface area contributed by atoms with E-state index in [4.69, 9.17) is 16.3 Å². The van der Waals surface area contributed by atoms with Gasteiger partial charge in [0, 0.05) is 31.2 Å².